The number of esters is 1. The fraction of sp³-hybridized carbons (Fsp3) is 0.273. The number of halogens is 2. The van der Waals surface area contributed by atoms with Gasteiger partial charge in [-0.3, -0.25) is 4.79 Å². The van der Waals surface area contributed by atoms with Gasteiger partial charge >= 0.3 is 5.97 Å². The first-order valence-corrected chi connectivity index (χ1v) is 5.40. The SMILES string of the molecule is COC(=O)C(Br)Cc1ccc(F)cc1C#N. The second-order valence-corrected chi connectivity index (χ2v) is 4.21. The number of carbonyl (C=O) groups excluding carboxylic acids is 1. The molecule has 0 aliphatic heterocycles. The lowest BCUT2D eigenvalue weighted by Crippen LogP contribution is -2.18. The summed E-state index contributed by atoms with van der Waals surface area (Å²) in [5.74, 6) is -0.891. The Hall–Kier alpha value is -1.41. The Morgan fingerprint density at radius 1 is 1.69 bits per heavy atom. The molecule has 1 aromatic rings. The van der Waals surface area contributed by atoms with Crippen molar-refractivity contribution < 1.29 is 13.9 Å². The summed E-state index contributed by atoms with van der Waals surface area (Å²) >= 11 is 3.14. The standard InChI is InChI=1S/C11H9BrFNO2/c1-16-11(15)10(12)5-7-2-3-9(13)4-8(7)6-14/h2-4,10H,5H2,1H3. The van der Waals surface area contributed by atoms with E-state index >= 15 is 0 Å². The third-order valence-electron chi connectivity index (χ3n) is 2.05. The average Bonchev–Trinajstić information content (AvgIpc) is 2.30. The van der Waals surface area contributed by atoms with Crippen LogP contribution in [0.25, 0.3) is 0 Å². The van der Waals surface area contributed by atoms with Crippen LogP contribution < -0.4 is 0 Å². The summed E-state index contributed by atoms with van der Waals surface area (Å²) in [6.45, 7) is 0. The number of carbonyl (C=O) groups is 1. The molecule has 5 heteroatoms. The zero-order valence-electron chi connectivity index (χ0n) is 8.54. The molecule has 0 aromatic heterocycles. The van der Waals surface area contributed by atoms with Crippen LogP contribution >= 0.6 is 15.9 Å². The predicted molar refractivity (Wildman–Crippen MR) is 59.6 cm³/mol. The van der Waals surface area contributed by atoms with Crippen molar-refractivity contribution in [1.82, 2.24) is 0 Å². The number of alkyl halides is 1. The van der Waals surface area contributed by atoms with Gasteiger partial charge in [0.05, 0.1) is 18.7 Å². The molecule has 1 aromatic carbocycles. The Kier molecular flexibility index (Phi) is 4.44. The van der Waals surface area contributed by atoms with Gasteiger partial charge in [-0.05, 0) is 24.1 Å². The average molecular weight is 286 g/mol. The minimum atomic E-state index is -0.532. The molecular weight excluding hydrogens is 277 g/mol. The number of ether oxygens (including phenoxy) is 1. The van der Waals surface area contributed by atoms with Gasteiger partial charge in [-0.1, -0.05) is 22.0 Å². The molecule has 3 nitrogen and oxygen atoms in total. The Morgan fingerprint density at radius 2 is 2.38 bits per heavy atom. The van der Waals surface area contributed by atoms with E-state index in [2.05, 4.69) is 20.7 Å². The van der Waals surface area contributed by atoms with Crippen molar-refractivity contribution >= 4 is 21.9 Å². The van der Waals surface area contributed by atoms with Crippen LogP contribution in [0.4, 0.5) is 4.39 Å². The van der Waals surface area contributed by atoms with Crippen LogP contribution in [0.15, 0.2) is 18.2 Å². The van der Waals surface area contributed by atoms with Crippen LogP contribution in [-0.2, 0) is 16.0 Å². The molecule has 0 saturated heterocycles. The van der Waals surface area contributed by atoms with E-state index in [1.807, 2.05) is 6.07 Å². The van der Waals surface area contributed by atoms with Crippen LogP contribution in [0.1, 0.15) is 11.1 Å². The van der Waals surface area contributed by atoms with Crippen molar-refractivity contribution in [2.75, 3.05) is 7.11 Å². The second kappa shape index (κ2) is 5.61. The largest absolute Gasteiger partial charge is 0.468 e. The van der Waals surface area contributed by atoms with Crippen molar-refractivity contribution in [3.63, 3.8) is 0 Å². The van der Waals surface area contributed by atoms with E-state index in [9.17, 15) is 9.18 Å². The third-order valence-corrected chi connectivity index (χ3v) is 2.75. The lowest BCUT2D eigenvalue weighted by molar-refractivity contribution is -0.139. The molecule has 0 radical (unpaired) electrons. The second-order valence-electron chi connectivity index (χ2n) is 3.11. The molecule has 0 aliphatic carbocycles. The lowest BCUT2D eigenvalue weighted by atomic mass is 10.0. The highest BCUT2D eigenvalue weighted by Gasteiger charge is 2.17. The maximum absolute atomic E-state index is 12.8. The molecular formula is C11H9BrFNO2. The summed E-state index contributed by atoms with van der Waals surface area (Å²) in [7, 11) is 1.28. The monoisotopic (exact) mass is 285 g/mol. The molecule has 1 rings (SSSR count). The van der Waals surface area contributed by atoms with Crippen molar-refractivity contribution in [3.8, 4) is 6.07 Å². The van der Waals surface area contributed by atoms with Gasteiger partial charge in [-0.2, -0.15) is 5.26 Å². The number of methoxy groups -OCH3 is 1. The predicted octanol–water partition coefficient (Wildman–Crippen LogP) is 2.18. The van der Waals surface area contributed by atoms with E-state index in [-0.39, 0.29) is 12.0 Å². The Labute approximate surface area is 101 Å². The molecule has 0 heterocycles. The molecule has 0 amide bonds. The fourth-order valence-corrected chi connectivity index (χ4v) is 1.77. The van der Waals surface area contributed by atoms with Gasteiger partial charge in [0.25, 0.3) is 0 Å². The molecule has 1 atom stereocenters. The van der Waals surface area contributed by atoms with Crippen LogP contribution in [0, 0.1) is 17.1 Å². The molecule has 0 aliphatic rings. The maximum Gasteiger partial charge on any atom is 0.319 e. The zero-order valence-corrected chi connectivity index (χ0v) is 10.1. The molecule has 0 fully saturated rings. The normalized spacial score (nSPS) is 11.6. The van der Waals surface area contributed by atoms with Crippen LogP contribution in [0.2, 0.25) is 0 Å². The number of rotatable bonds is 3. The van der Waals surface area contributed by atoms with Gasteiger partial charge in [0.2, 0.25) is 0 Å². The molecule has 0 saturated carbocycles. The molecule has 0 bridgehead atoms. The topological polar surface area (TPSA) is 50.1 Å². The van der Waals surface area contributed by atoms with Crippen molar-refractivity contribution in [3.05, 3.63) is 35.1 Å². The number of nitriles is 1. The maximum atomic E-state index is 12.8. The molecule has 0 N–H and O–H groups in total. The number of benzene rings is 1. The molecule has 0 spiro atoms. The van der Waals surface area contributed by atoms with Crippen LogP contribution in [0.3, 0.4) is 0 Å². The summed E-state index contributed by atoms with van der Waals surface area (Å²) < 4.78 is 17.4. The van der Waals surface area contributed by atoms with E-state index in [0.29, 0.717) is 5.56 Å². The summed E-state index contributed by atoms with van der Waals surface area (Å²) in [4.78, 5) is 10.6. The Morgan fingerprint density at radius 3 is 2.94 bits per heavy atom. The van der Waals surface area contributed by atoms with E-state index in [0.717, 1.165) is 6.07 Å². The quantitative estimate of drug-likeness (QED) is 0.632. The highest BCUT2D eigenvalue weighted by Crippen LogP contribution is 2.16. The molecule has 1 unspecified atom stereocenters. The highest BCUT2D eigenvalue weighted by molar-refractivity contribution is 9.10. The van der Waals surface area contributed by atoms with Gasteiger partial charge < -0.3 is 4.74 Å². The summed E-state index contributed by atoms with van der Waals surface area (Å²) in [6.07, 6.45) is 0.288. The number of nitrogens with zero attached hydrogens (tertiary/aromatic N) is 1. The number of hydrogen-bond acceptors (Lipinski definition) is 3. The molecule has 16 heavy (non-hydrogen) atoms. The van der Waals surface area contributed by atoms with Gasteiger partial charge in [0, 0.05) is 0 Å². The van der Waals surface area contributed by atoms with Crippen LogP contribution in [0.5, 0.6) is 0 Å². The van der Waals surface area contributed by atoms with Gasteiger partial charge in [0.1, 0.15) is 10.6 Å². The van der Waals surface area contributed by atoms with Gasteiger partial charge in [0.15, 0.2) is 0 Å². The van der Waals surface area contributed by atoms with Crippen LogP contribution in [-0.4, -0.2) is 17.9 Å². The summed E-state index contributed by atoms with van der Waals surface area (Å²) in [5, 5.41) is 8.80. The summed E-state index contributed by atoms with van der Waals surface area (Å²) in [5.41, 5.74) is 0.838. The van der Waals surface area contributed by atoms with E-state index in [4.69, 9.17) is 5.26 Å². The van der Waals surface area contributed by atoms with Gasteiger partial charge in [-0.15, -0.1) is 0 Å². The van der Waals surface area contributed by atoms with E-state index in [1.165, 1.54) is 19.2 Å². The number of hydrogen-bond donors (Lipinski definition) is 0. The lowest BCUT2D eigenvalue weighted by Gasteiger charge is -2.08. The Balaban J connectivity index is 2.90. The minimum Gasteiger partial charge on any atom is -0.468 e. The minimum absolute atomic E-state index is 0.230. The smallest absolute Gasteiger partial charge is 0.319 e. The first kappa shape index (κ1) is 12.7. The Bertz CT molecular complexity index is 442. The zero-order chi connectivity index (χ0) is 12.1. The summed E-state index contributed by atoms with van der Waals surface area (Å²) in [6, 6.07) is 5.78. The third kappa shape index (κ3) is 3.04. The fourth-order valence-electron chi connectivity index (χ4n) is 1.24. The first-order valence-electron chi connectivity index (χ1n) is 4.49. The van der Waals surface area contributed by atoms with Gasteiger partial charge in [-0.25, -0.2) is 4.39 Å². The van der Waals surface area contributed by atoms with E-state index < -0.39 is 16.6 Å². The first-order chi connectivity index (χ1) is 7.58. The van der Waals surface area contributed by atoms with Crippen molar-refractivity contribution in [2.45, 2.75) is 11.2 Å². The molecule has 84 valence electrons. The van der Waals surface area contributed by atoms with Crippen molar-refractivity contribution in [1.29, 1.82) is 5.26 Å². The van der Waals surface area contributed by atoms with E-state index in [1.54, 1.807) is 0 Å². The highest BCUT2D eigenvalue weighted by atomic mass is 79.9. The van der Waals surface area contributed by atoms with Crippen molar-refractivity contribution in [2.24, 2.45) is 0 Å².